The lowest BCUT2D eigenvalue weighted by Gasteiger charge is -2.34. The molecular weight excluding hydrogens is 268 g/mol. The van der Waals surface area contributed by atoms with Crippen LogP contribution in [0.4, 0.5) is 0 Å². The summed E-state index contributed by atoms with van der Waals surface area (Å²) in [5.41, 5.74) is 2.43. The molecule has 2 heterocycles. The highest BCUT2D eigenvalue weighted by molar-refractivity contribution is 6.21. The average Bonchev–Trinajstić information content (AvgIpc) is 3.02. The van der Waals surface area contributed by atoms with Crippen LogP contribution in [0, 0.1) is 5.21 Å². The van der Waals surface area contributed by atoms with Crippen LogP contribution < -0.4 is 0 Å². The molecule has 0 unspecified atom stereocenters. The first-order valence-corrected chi connectivity index (χ1v) is 6.99. The molecule has 1 atom stereocenters. The smallest absolute Gasteiger partial charge is 0.262 e. The Balaban J connectivity index is 1.75. The Hall–Kier alpha value is -2.40. The number of carbonyl (C=O) groups excluding carboxylic acids is 2. The Bertz CT molecular complexity index is 685. The number of carbonyl (C=O) groups is 2. The maximum absolute atomic E-state index is 12.5. The van der Waals surface area contributed by atoms with E-state index in [1.807, 2.05) is 6.08 Å². The Morgan fingerprint density at radius 1 is 1.10 bits per heavy atom. The predicted octanol–water partition coefficient (Wildman–Crippen LogP) is 2.07. The molecule has 0 radical (unpaired) electrons. The minimum absolute atomic E-state index is 0.259. The molecule has 0 N–H and O–H groups in total. The number of hydrogen-bond donors (Lipinski definition) is 0. The minimum atomic E-state index is -0.319. The van der Waals surface area contributed by atoms with Gasteiger partial charge in [0.05, 0.1) is 17.2 Å². The maximum Gasteiger partial charge on any atom is 0.262 e. The SMILES string of the molecule is O=C1c2ccccc2C(=O)N1[C@@H]1CCC2=C1C=CCN2[O-]. The largest absolute Gasteiger partial charge is 0.758 e. The van der Waals surface area contributed by atoms with Gasteiger partial charge < -0.3 is 10.3 Å². The van der Waals surface area contributed by atoms with Gasteiger partial charge in [-0.1, -0.05) is 24.3 Å². The zero-order chi connectivity index (χ0) is 14.6. The van der Waals surface area contributed by atoms with Crippen molar-refractivity contribution >= 4 is 11.8 Å². The zero-order valence-electron chi connectivity index (χ0n) is 11.3. The van der Waals surface area contributed by atoms with Crippen LogP contribution in [0.1, 0.15) is 33.6 Å². The molecule has 0 saturated heterocycles. The van der Waals surface area contributed by atoms with Crippen molar-refractivity contribution in [2.24, 2.45) is 0 Å². The van der Waals surface area contributed by atoms with Crippen molar-refractivity contribution in [3.8, 4) is 0 Å². The lowest BCUT2D eigenvalue weighted by atomic mass is 10.1. The molecule has 0 saturated carbocycles. The number of benzene rings is 1. The minimum Gasteiger partial charge on any atom is -0.758 e. The molecule has 5 heteroatoms. The van der Waals surface area contributed by atoms with Crippen molar-refractivity contribution in [3.63, 3.8) is 0 Å². The summed E-state index contributed by atoms with van der Waals surface area (Å²) in [6.07, 6.45) is 4.90. The van der Waals surface area contributed by atoms with Gasteiger partial charge in [-0.25, -0.2) is 0 Å². The standard InChI is InChI=1S/C16H13N2O3/c19-15-10-4-1-2-5-11(10)16(20)18(15)14-8-7-13-12(14)6-3-9-17(13)21/h1-6,14H,7-9H2/q-1/t14-/m1/s1. The van der Waals surface area contributed by atoms with Gasteiger partial charge in [-0.05, 0) is 30.5 Å². The maximum atomic E-state index is 12.5. The van der Waals surface area contributed by atoms with Gasteiger partial charge >= 0.3 is 0 Å². The number of hydroxylamine groups is 2. The summed E-state index contributed by atoms with van der Waals surface area (Å²) < 4.78 is 0. The van der Waals surface area contributed by atoms with Crippen LogP contribution in [-0.2, 0) is 0 Å². The third-order valence-corrected chi connectivity index (χ3v) is 4.35. The zero-order valence-corrected chi connectivity index (χ0v) is 11.3. The number of nitrogens with zero attached hydrogens (tertiary/aromatic N) is 2. The second kappa shape index (κ2) is 4.30. The van der Waals surface area contributed by atoms with E-state index in [2.05, 4.69) is 0 Å². The van der Waals surface area contributed by atoms with Crippen molar-refractivity contribution < 1.29 is 9.59 Å². The highest BCUT2D eigenvalue weighted by Crippen LogP contribution is 2.38. The van der Waals surface area contributed by atoms with Crippen LogP contribution in [-0.4, -0.2) is 34.4 Å². The van der Waals surface area contributed by atoms with Gasteiger partial charge in [0, 0.05) is 12.2 Å². The molecule has 1 aromatic carbocycles. The van der Waals surface area contributed by atoms with E-state index in [0.29, 0.717) is 36.2 Å². The summed E-state index contributed by atoms with van der Waals surface area (Å²) in [6, 6.07) is 6.55. The molecule has 0 spiro atoms. The van der Waals surface area contributed by atoms with Crippen LogP contribution in [0.15, 0.2) is 47.7 Å². The predicted molar refractivity (Wildman–Crippen MR) is 76.2 cm³/mol. The fourth-order valence-electron chi connectivity index (χ4n) is 3.39. The number of amides is 2. The van der Waals surface area contributed by atoms with Gasteiger partial charge in [0.1, 0.15) is 0 Å². The van der Waals surface area contributed by atoms with E-state index in [1.165, 1.54) is 4.90 Å². The van der Waals surface area contributed by atoms with Gasteiger partial charge in [0.15, 0.2) is 0 Å². The number of hydrogen-bond acceptors (Lipinski definition) is 4. The van der Waals surface area contributed by atoms with Crippen LogP contribution >= 0.6 is 0 Å². The van der Waals surface area contributed by atoms with Crippen LogP contribution in [0.5, 0.6) is 0 Å². The lowest BCUT2D eigenvalue weighted by Crippen LogP contribution is -2.40. The molecule has 4 rings (SSSR count). The van der Waals surface area contributed by atoms with E-state index in [1.54, 1.807) is 30.3 Å². The van der Waals surface area contributed by atoms with Crippen molar-refractivity contribution in [3.05, 3.63) is 64.0 Å². The molecule has 0 fully saturated rings. The van der Waals surface area contributed by atoms with E-state index in [-0.39, 0.29) is 17.9 Å². The summed E-state index contributed by atoms with van der Waals surface area (Å²) in [7, 11) is 0. The molecule has 2 amide bonds. The molecule has 0 aromatic heterocycles. The van der Waals surface area contributed by atoms with Gasteiger partial charge in [-0.3, -0.25) is 14.5 Å². The summed E-state index contributed by atoms with van der Waals surface area (Å²) in [6.45, 7) is 0.341. The average molecular weight is 281 g/mol. The highest BCUT2D eigenvalue weighted by Gasteiger charge is 2.43. The Morgan fingerprint density at radius 2 is 1.76 bits per heavy atom. The topological polar surface area (TPSA) is 63.7 Å². The Morgan fingerprint density at radius 3 is 2.43 bits per heavy atom. The first kappa shape index (κ1) is 12.3. The fourth-order valence-corrected chi connectivity index (χ4v) is 3.39. The second-order valence-corrected chi connectivity index (χ2v) is 5.45. The quantitative estimate of drug-likeness (QED) is 0.739. The summed E-state index contributed by atoms with van der Waals surface area (Å²) in [4.78, 5) is 26.3. The molecule has 3 aliphatic rings. The first-order chi connectivity index (χ1) is 10.2. The molecule has 106 valence electrons. The van der Waals surface area contributed by atoms with Crippen LogP contribution in [0.25, 0.3) is 0 Å². The normalized spacial score (nSPS) is 24.0. The fraction of sp³-hybridized carbons (Fsp3) is 0.250. The van der Waals surface area contributed by atoms with Crippen molar-refractivity contribution in [1.82, 2.24) is 9.96 Å². The van der Waals surface area contributed by atoms with Gasteiger partial charge in [-0.2, -0.15) is 0 Å². The second-order valence-electron chi connectivity index (χ2n) is 5.45. The number of imide groups is 1. The number of fused-ring (bicyclic) bond motifs is 1. The molecule has 1 aromatic rings. The highest BCUT2D eigenvalue weighted by atomic mass is 16.5. The van der Waals surface area contributed by atoms with E-state index in [0.717, 1.165) is 10.6 Å². The molecule has 21 heavy (non-hydrogen) atoms. The van der Waals surface area contributed by atoms with Gasteiger partial charge in [0.2, 0.25) is 0 Å². The summed E-state index contributed by atoms with van der Waals surface area (Å²) >= 11 is 0. The third kappa shape index (κ3) is 1.61. The monoisotopic (exact) mass is 281 g/mol. The molecule has 5 nitrogen and oxygen atoms in total. The number of allylic oxidation sites excluding steroid dienone is 1. The van der Waals surface area contributed by atoms with E-state index < -0.39 is 0 Å². The number of rotatable bonds is 1. The molecular formula is C16H13N2O3-. The van der Waals surface area contributed by atoms with Crippen LogP contribution in [0.2, 0.25) is 0 Å². The van der Waals surface area contributed by atoms with Gasteiger partial charge in [-0.15, -0.1) is 0 Å². The van der Waals surface area contributed by atoms with Crippen molar-refractivity contribution in [2.75, 3.05) is 6.54 Å². The van der Waals surface area contributed by atoms with E-state index in [4.69, 9.17) is 0 Å². The summed E-state index contributed by atoms with van der Waals surface area (Å²) in [5, 5.41) is 12.8. The Kier molecular flexibility index (Phi) is 2.53. The van der Waals surface area contributed by atoms with E-state index in [9.17, 15) is 14.8 Å². The van der Waals surface area contributed by atoms with Crippen molar-refractivity contribution in [1.29, 1.82) is 0 Å². The summed E-state index contributed by atoms with van der Waals surface area (Å²) in [5.74, 6) is -0.517. The van der Waals surface area contributed by atoms with E-state index >= 15 is 0 Å². The van der Waals surface area contributed by atoms with Crippen molar-refractivity contribution in [2.45, 2.75) is 18.9 Å². The lowest BCUT2D eigenvalue weighted by molar-refractivity contribution is 0.0609. The Labute approximate surface area is 121 Å². The molecule has 0 bridgehead atoms. The first-order valence-electron chi connectivity index (χ1n) is 6.99. The molecule has 2 aliphatic heterocycles. The van der Waals surface area contributed by atoms with Crippen LogP contribution in [0.3, 0.4) is 0 Å². The molecule has 1 aliphatic carbocycles. The van der Waals surface area contributed by atoms with Gasteiger partial charge in [0.25, 0.3) is 11.8 Å². The third-order valence-electron chi connectivity index (χ3n) is 4.35.